The van der Waals surface area contributed by atoms with Crippen LogP contribution in [0.5, 0.6) is 11.5 Å². The molecule has 186 valence electrons. The van der Waals surface area contributed by atoms with Gasteiger partial charge in [0.25, 0.3) is 5.91 Å². The molecule has 1 amide bonds. The van der Waals surface area contributed by atoms with Gasteiger partial charge in [0, 0.05) is 11.1 Å². The third-order valence-corrected chi connectivity index (χ3v) is 8.45. The van der Waals surface area contributed by atoms with Gasteiger partial charge in [-0.1, -0.05) is 20.8 Å². The molecule has 2 aromatic heterocycles. The van der Waals surface area contributed by atoms with Crippen molar-refractivity contribution in [1.82, 2.24) is 5.32 Å². The van der Waals surface area contributed by atoms with Crippen LogP contribution in [0.1, 0.15) is 59.3 Å². The van der Waals surface area contributed by atoms with Gasteiger partial charge in [-0.05, 0) is 88.6 Å². The minimum absolute atomic E-state index is 0.109. The third-order valence-electron chi connectivity index (χ3n) is 6.49. The Labute approximate surface area is 224 Å². The van der Waals surface area contributed by atoms with Gasteiger partial charge in [0.1, 0.15) is 10.8 Å². The molecule has 0 spiro atoms. The van der Waals surface area contributed by atoms with Gasteiger partial charge in [0.05, 0.1) is 36.2 Å². The van der Waals surface area contributed by atoms with Gasteiger partial charge in [0.15, 0.2) is 11.5 Å². The van der Waals surface area contributed by atoms with Crippen LogP contribution in [-0.4, -0.2) is 26.3 Å². The molecule has 0 fully saturated rings. The highest BCUT2D eigenvalue weighted by atomic mass is 127. The summed E-state index contributed by atoms with van der Waals surface area (Å²) in [5, 5.41) is 3.76. The highest BCUT2D eigenvalue weighted by Crippen LogP contribution is 2.45. The molecule has 8 heteroatoms. The maximum Gasteiger partial charge on any atom is 0.255 e. The first kappa shape index (κ1) is 25.8. The number of thiophene rings is 1. The van der Waals surface area contributed by atoms with E-state index < -0.39 is 0 Å². The Morgan fingerprint density at radius 3 is 2.77 bits per heavy atom. The normalized spacial score (nSPS) is 15.8. The fourth-order valence-electron chi connectivity index (χ4n) is 4.45. The van der Waals surface area contributed by atoms with E-state index in [4.69, 9.17) is 18.9 Å². The second-order valence-corrected chi connectivity index (χ2v) is 12.0. The molecule has 2 heterocycles. The second-order valence-electron chi connectivity index (χ2n) is 9.75. The van der Waals surface area contributed by atoms with Crippen LogP contribution >= 0.6 is 33.9 Å². The summed E-state index contributed by atoms with van der Waals surface area (Å²) in [6, 6.07) is 7.56. The fraction of sp³-hybridized carbons (Fsp3) is 0.407. The third kappa shape index (κ3) is 5.74. The molecule has 1 aliphatic rings. The van der Waals surface area contributed by atoms with Crippen LogP contribution in [0, 0.1) is 14.9 Å². The lowest BCUT2D eigenvalue weighted by Gasteiger charge is -2.33. The Hall–Kier alpha value is -2.33. The van der Waals surface area contributed by atoms with E-state index in [1.807, 2.05) is 24.3 Å². The van der Waals surface area contributed by atoms with E-state index in [1.54, 1.807) is 38.0 Å². The second kappa shape index (κ2) is 10.7. The Balaban J connectivity index is 1.68. The summed E-state index contributed by atoms with van der Waals surface area (Å²) in [4.78, 5) is 19.5. The summed E-state index contributed by atoms with van der Waals surface area (Å²) in [6.45, 7) is 7.24. The number of benzene rings is 1. The lowest BCUT2D eigenvalue weighted by Crippen LogP contribution is -2.28. The van der Waals surface area contributed by atoms with Gasteiger partial charge in [0.2, 0.25) is 0 Å². The number of ether oxygens (including phenoxy) is 2. The summed E-state index contributed by atoms with van der Waals surface area (Å²) < 4.78 is 17.3. The lowest BCUT2D eigenvalue weighted by molar-refractivity contribution is 0.0947. The standard InChI is InChI=1S/C27H31IN2O4S/c1-27(2,3)17-8-9-19-22(13-17)35-26(23(19)25(31)29-15-18-7-6-10-34-18)30-14-16-11-20(28)24(33-5)21(12-16)32-4/h6-7,10-12,14,17H,8-9,13,15H2,1-5H3,(H,29,31)/t17-/m1/s1. The van der Waals surface area contributed by atoms with Gasteiger partial charge in [-0.15, -0.1) is 11.3 Å². The number of hydrogen-bond donors (Lipinski definition) is 1. The molecule has 6 nitrogen and oxygen atoms in total. The zero-order valence-electron chi connectivity index (χ0n) is 20.7. The van der Waals surface area contributed by atoms with E-state index in [0.29, 0.717) is 29.5 Å². The van der Waals surface area contributed by atoms with E-state index in [2.05, 4.69) is 48.7 Å². The number of fused-ring (bicyclic) bond motifs is 1. The van der Waals surface area contributed by atoms with Gasteiger partial charge in [-0.25, -0.2) is 4.99 Å². The number of carbonyl (C=O) groups is 1. The van der Waals surface area contributed by atoms with Crippen molar-refractivity contribution in [3.8, 4) is 11.5 Å². The van der Waals surface area contributed by atoms with Crippen molar-refractivity contribution in [2.75, 3.05) is 14.2 Å². The minimum atomic E-state index is -0.109. The number of nitrogens with one attached hydrogen (secondary N) is 1. The number of hydrogen-bond acceptors (Lipinski definition) is 6. The molecule has 0 saturated heterocycles. The molecule has 0 bridgehead atoms. The number of carbonyl (C=O) groups excluding carboxylic acids is 1. The first-order valence-corrected chi connectivity index (χ1v) is 13.5. The molecule has 35 heavy (non-hydrogen) atoms. The van der Waals surface area contributed by atoms with Gasteiger partial charge in [-0.3, -0.25) is 4.79 Å². The number of amides is 1. The summed E-state index contributed by atoms with van der Waals surface area (Å²) in [7, 11) is 3.25. The van der Waals surface area contributed by atoms with Crippen molar-refractivity contribution < 1.29 is 18.7 Å². The fourth-order valence-corrected chi connectivity index (χ4v) is 6.56. The Bertz CT molecular complexity index is 1230. The molecule has 0 radical (unpaired) electrons. The average molecular weight is 607 g/mol. The largest absolute Gasteiger partial charge is 0.493 e. The van der Waals surface area contributed by atoms with Crippen LogP contribution in [0.3, 0.4) is 0 Å². The van der Waals surface area contributed by atoms with Crippen LogP contribution in [0.4, 0.5) is 5.00 Å². The molecule has 1 aliphatic carbocycles. The Morgan fingerprint density at radius 2 is 2.11 bits per heavy atom. The van der Waals surface area contributed by atoms with Gasteiger partial charge >= 0.3 is 0 Å². The van der Waals surface area contributed by atoms with Crippen LogP contribution in [-0.2, 0) is 19.4 Å². The number of aliphatic imine (C=N–C) groups is 1. The minimum Gasteiger partial charge on any atom is -0.493 e. The molecular formula is C27H31IN2O4S. The molecule has 3 aromatic rings. The van der Waals surface area contributed by atoms with Crippen molar-refractivity contribution in [3.05, 3.63) is 61.4 Å². The monoisotopic (exact) mass is 606 g/mol. The van der Waals surface area contributed by atoms with E-state index in [1.165, 1.54) is 4.88 Å². The first-order valence-electron chi connectivity index (χ1n) is 11.6. The first-order chi connectivity index (χ1) is 16.7. The summed E-state index contributed by atoms with van der Waals surface area (Å²) in [5.41, 5.74) is 2.94. The van der Waals surface area contributed by atoms with Gasteiger partial charge in [-0.2, -0.15) is 0 Å². The van der Waals surface area contributed by atoms with Crippen LogP contribution in [0.15, 0.2) is 39.9 Å². The molecule has 1 N–H and O–H groups in total. The van der Waals surface area contributed by atoms with Crippen molar-refractivity contribution in [1.29, 1.82) is 0 Å². The molecule has 0 saturated carbocycles. The van der Waals surface area contributed by atoms with E-state index in [0.717, 1.165) is 44.7 Å². The molecule has 4 rings (SSSR count). The SMILES string of the molecule is COc1cc(C=Nc2sc3c(c2C(=O)NCc2ccco2)CC[C@@H](C(C)(C)C)C3)cc(I)c1OC. The average Bonchev–Trinajstić information content (AvgIpc) is 3.47. The predicted octanol–water partition coefficient (Wildman–Crippen LogP) is 6.79. The molecule has 0 unspecified atom stereocenters. The van der Waals surface area contributed by atoms with E-state index >= 15 is 0 Å². The van der Waals surface area contributed by atoms with Crippen LogP contribution < -0.4 is 14.8 Å². The number of furan rings is 1. The zero-order valence-corrected chi connectivity index (χ0v) is 23.7. The maximum absolute atomic E-state index is 13.4. The quantitative estimate of drug-likeness (QED) is 0.237. The van der Waals surface area contributed by atoms with E-state index in [9.17, 15) is 4.79 Å². The summed E-state index contributed by atoms with van der Waals surface area (Å²) >= 11 is 3.86. The van der Waals surface area contributed by atoms with Crippen molar-refractivity contribution in [2.45, 2.75) is 46.6 Å². The number of halogens is 1. The molecule has 1 atom stereocenters. The molecular weight excluding hydrogens is 575 g/mol. The van der Waals surface area contributed by atoms with Crippen molar-refractivity contribution >= 4 is 51.1 Å². The molecule has 1 aromatic carbocycles. The lowest BCUT2D eigenvalue weighted by atomic mass is 9.72. The smallest absolute Gasteiger partial charge is 0.255 e. The topological polar surface area (TPSA) is 73.1 Å². The van der Waals surface area contributed by atoms with Crippen molar-refractivity contribution in [3.63, 3.8) is 0 Å². The Morgan fingerprint density at radius 1 is 1.31 bits per heavy atom. The Kier molecular flexibility index (Phi) is 7.90. The maximum atomic E-state index is 13.4. The van der Waals surface area contributed by atoms with Crippen molar-refractivity contribution in [2.24, 2.45) is 16.3 Å². The van der Waals surface area contributed by atoms with E-state index in [-0.39, 0.29) is 11.3 Å². The van der Waals surface area contributed by atoms with Gasteiger partial charge < -0.3 is 19.2 Å². The highest BCUT2D eigenvalue weighted by molar-refractivity contribution is 14.1. The summed E-state index contributed by atoms with van der Waals surface area (Å²) in [6.07, 6.45) is 6.35. The zero-order chi connectivity index (χ0) is 25.2. The van der Waals surface area contributed by atoms with Crippen LogP contribution in [0.25, 0.3) is 0 Å². The number of rotatable bonds is 7. The summed E-state index contributed by atoms with van der Waals surface area (Å²) in [5.74, 6) is 2.54. The molecule has 0 aliphatic heterocycles. The highest BCUT2D eigenvalue weighted by Gasteiger charge is 2.33. The number of nitrogens with zero attached hydrogens (tertiary/aromatic N) is 1. The number of methoxy groups -OCH3 is 2. The van der Waals surface area contributed by atoms with Crippen LogP contribution in [0.2, 0.25) is 0 Å². The predicted molar refractivity (Wildman–Crippen MR) is 149 cm³/mol.